The fourth-order valence-corrected chi connectivity index (χ4v) is 7.50. The Bertz CT molecular complexity index is 1730. The summed E-state index contributed by atoms with van der Waals surface area (Å²) in [6.45, 7) is 0.506. The van der Waals surface area contributed by atoms with Crippen LogP contribution in [0.25, 0.3) is 11.1 Å². The first-order valence-corrected chi connectivity index (χ1v) is 16.3. The molecule has 2 aliphatic rings. The lowest BCUT2D eigenvalue weighted by Gasteiger charge is -2.38. The number of anilines is 1. The fourth-order valence-electron chi connectivity index (χ4n) is 5.77. The number of fused-ring (bicyclic) bond motifs is 1. The van der Waals surface area contributed by atoms with Crippen molar-refractivity contribution >= 4 is 39.5 Å². The number of aldehydes is 1. The summed E-state index contributed by atoms with van der Waals surface area (Å²) in [4.78, 5) is 25.7. The van der Waals surface area contributed by atoms with Gasteiger partial charge in [0.25, 0.3) is 10.0 Å². The molecule has 0 N–H and O–H groups in total. The predicted octanol–water partition coefficient (Wildman–Crippen LogP) is 6.36. The van der Waals surface area contributed by atoms with Crippen LogP contribution in [0.3, 0.4) is 0 Å². The molecule has 0 unspecified atom stereocenters. The van der Waals surface area contributed by atoms with E-state index < -0.39 is 49.7 Å². The molecule has 0 spiro atoms. The minimum absolute atomic E-state index is 0.00420. The second-order valence-electron chi connectivity index (χ2n) is 11.5. The number of ether oxygens (including phenoxy) is 2. The molecule has 46 heavy (non-hydrogen) atoms. The smallest absolute Gasteiger partial charge is 0.416 e. The van der Waals surface area contributed by atoms with Gasteiger partial charge < -0.3 is 19.2 Å². The largest absolute Gasteiger partial charge is 0.483 e. The molecular weight excluding hydrogens is 652 g/mol. The van der Waals surface area contributed by atoms with Gasteiger partial charge in [0.05, 0.1) is 34.7 Å². The zero-order valence-electron chi connectivity index (χ0n) is 24.7. The van der Waals surface area contributed by atoms with E-state index in [0.717, 1.165) is 34.9 Å². The fraction of sp³-hybridized carbons (Fsp3) is 0.375. The first-order chi connectivity index (χ1) is 21.8. The number of carbonyl (C=O) groups excluding carboxylic acids is 2. The second-order valence-corrected chi connectivity index (χ2v) is 13.7. The average Bonchev–Trinajstić information content (AvgIpc) is 3.03. The number of likely N-dealkylation sites (tertiary alicyclic amines) is 1. The molecule has 14 heteroatoms. The number of nitrogens with zero attached hydrogens (tertiary/aromatic N) is 2. The summed E-state index contributed by atoms with van der Waals surface area (Å²) >= 11 is 6.11. The summed E-state index contributed by atoms with van der Waals surface area (Å²) < 4.78 is 96.1. The number of sulfonamides is 1. The Hall–Kier alpha value is -3.68. The summed E-state index contributed by atoms with van der Waals surface area (Å²) in [6.07, 6.45) is -4.17. The van der Waals surface area contributed by atoms with E-state index in [2.05, 4.69) is 0 Å². The number of benzene rings is 3. The molecule has 3 aromatic carbocycles. The van der Waals surface area contributed by atoms with Gasteiger partial charge in [0.2, 0.25) is 5.91 Å². The van der Waals surface area contributed by atoms with Crippen LogP contribution in [0.15, 0.2) is 65.6 Å². The molecule has 0 aromatic heterocycles. The van der Waals surface area contributed by atoms with Crippen LogP contribution in [0.5, 0.6) is 5.75 Å². The third kappa shape index (κ3) is 7.01. The Morgan fingerprint density at radius 3 is 2.46 bits per heavy atom. The Morgan fingerprint density at radius 1 is 1.09 bits per heavy atom. The van der Waals surface area contributed by atoms with Gasteiger partial charge in [-0.1, -0.05) is 29.8 Å². The van der Waals surface area contributed by atoms with Crippen molar-refractivity contribution in [2.45, 2.75) is 42.9 Å². The van der Waals surface area contributed by atoms with Crippen LogP contribution in [-0.4, -0.2) is 65.0 Å². The van der Waals surface area contributed by atoms with E-state index in [9.17, 15) is 31.2 Å². The maximum absolute atomic E-state index is 15.7. The highest BCUT2D eigenvalue weighted by molar-refractivity contribution is 7.92. The SMILES string of the molecule is COCC1(C=O)CCN(C(=O)CC[C@H]2CN(S(=O)(=O)c3cccc(C(F)(F)F)c3)c3cc(-c4cccc(Cl)c4)cc(F)c3O2)CC1. The molecule has 0 saturated carbocycles. The predicted molar refractivity (Wildman–Crippen MR) is 163 cm³/mol. The van der Waals surface area contributed by atoms with Gasteiger partial charge in [-0.2, -0.15) is 13.2 Å². The highest BCUT2D eigenvalue weighted by Gasteiger charge is 2.40. The molecule has 1 atom stereocenters. The van der Waals surface area contributed by atoms with Crippen LogP contribution in [0, 0.1) is 11.2 Å². The van der Waals surface area contributed by atoms with Gasteiger partial charge in [0.1, 0.15) is 12.4 Å². The monoisotopic (exact) mass is 682 g/mol. The molecule has 8 nitrogen and oxygen atoms in total. The normalized spacial score (nSPS) is 18.1. The maximum Gasteiger partial charge on any atom is 0.416 e. The lowest BCUT2D eigenvalue weighted by Crippen LogP contribution is -2.47. The van der Waals surface area contributed by atoms with Gasteiger partial charge in [-0.15, -0.1) is 0 Å². The van der Waals surface area contributed by atoms with Crippen LogP contribution in [0.2, 0.25) is 5.02 Å². The number of hydrogen-bond acceptors (Lipinski definition) is 6. The number of piperidine rings is 1. The number of methoxy groups -OCH3 is 1. The van der Waals surface area contributed by atoms with Crippen molar-refractivity contribution in [1.29, 1.82) is 0 Å². The molecule has 0 radical (unpaired) electrons. The molecule has 2 aliphatic heterocycles. The molecule has 3 aromatic rings. The van der Waals surface area contributed by atoms with E-state index in [1.54, 1.807) is 29.2 Å². The average molecular weight is 683 g/mol. The quantitative estimate of drug-likeness (QED) is 0.193. The molecule has 1 fully saturated rings. The minimum Gasteiger partial charge on any atom is -0.483 e. The summed E-state index contributed by atoms with van der Waals surface area (Å²) in [5.74, 6) is -1.55. The zero-order valence-corrected chi connectivity index (χ0v) is 26.3. The van der Waals surface area contributed by atoms with Gasteiger partial charge in [-0.05, 0) is 72.9 Å². The summed E-state index contributed by atoms with van der Waals surface area (Å²) in [7, 11) is -3.17. The van der Waals surface area contributed by atoms with E-state index in [4.69, 9.17) is 21.1 Å². The summed E-state index contributed by atoms with van der Waals surface area (Å²) in [6, 6.07) is 12.3. The standard InChI is InChI=1S/C32H31ClF4N2O6S/c1-44-20-31(19-40)10-12-38(13-11-31)29(41)9-8-25-18-39(46(42,43)26-7-3-5-23(17-26)32(35,36)37)28-16-22(15-27(34)30(28)45-25)21-4-2-6-24(33)14-21/h2-7,14-17,19,25H,8-13,18,20H2,1H3/t25-/m0/s1. The molecule has 0 bridgehead atoms. The topological polar surface area (TPSA) is 93.2 Å². The van der Waals surface area contributed by atoms with Crippen LogP contribution in [-0.2, 0) is 30.5 Å². The number of carbonyl (C=O) groups is 2. The molecule has 246 valence electrons. The van der Waals surface area contributed by atoms with E-state index in [1.165, 1.54) is 13.2 Å². The molecule has 1 saturated heterocycles. The van der Waals surface area contributed by atoms with Crippen LogP contribution in [0.4, 0.5) is 23.2 Å². The van der Waals surface area contributed by atoms with Crippen molar-refractivity contribution in [3.63, 3.8) is 0 Å². The van der Waals surface area contributed by atoms with Crippen LogP contribution >= 0.6 is 11.6 Å². The number of rotatable bonds is 9. The maximum atomic E-state index is 15.7. The molecule has 0 aliphatic carbocycles. The van der Waals surface area contributed by atoms with Crippen molar-refractivity contribution in [3.8, 4) is 16.9 Å². The summed E-state index contributed by atoms with van der Waals surface area (Å²) in [5, 5.41) is 0.356. The number of alkyl halides is 3. The van der Waals surface area contributed by atoms with E-state index in [0.29, 0.717) is 42.6 Å². The minimum atomic E-state index is -4.80. The molecular formula is C32H31ClF4N2O6S. The van der Waals surface area contributed by atoms with Crippen molar-refractivity contribution in [3.05, 3.63) is 77.1 Å². The van der Waals surface area contributed by atoms with Gasteiger partial charge >= 0.3 is 6.18 Å². The van der Waals surface area contributed by atoms with Crippen LogP contribution in [0.1, 0.15) is 31.2 Å². The Balaban J connectivity index is 1.44. The van der Waals surface area contributed by atoms with Crippen molar-refractivity contribution in [1.82, 2.24) is 4.90 Å². The third-order valence-corrected chi connectivity index (χ3v) is 10.3. The highest BCUT2D eigenvalue weighted by Crippen LogP contribution is 2.43. The van der Waals surface area contributed by atoms with E-state index >= 15 is 4.39 Å². The molecule has 1 amide bonds. The Labute approximate surface area is 268 Å². The van der Waals surface area contributed by atoms with E-state index in [-0.39, 0.29) is 43.2 Å². The zero-order chi connectivity index (χ0) is 33.3. The van der Waals surface area contributed by atoms with Gasteiger partial charge in [-0.3, -0.25) is 9.10 Å². The number of amides is 1. The Morgan fingerprint density at radius 2 is 1.80 bits per heavy atom. The summed E-state index contributed by atoms with van der Waals surface area (Å²) in [5.41, 5.74) is -1.28. The first-order valence-electron chi connectivity index (χ1n) is 14.5. The number of hydrogen-bond donors (Lipinski definition) is 0. The van der Waals surface area contributed by atoms with Crippen molar-refractivity contribution in [2.75, 3.05) is 37.7 Å². The van der Waals surface area contributed by atoms with Gasteiger partial charge in [0.15, 0.2) is 11.6 Å². The first kappa shape index (κ1) is 33.7. The van der Waals surface area contributed by atoms with Crippen molar-refractivity contribution < 1.29 is 45.0 Å². The van der Waals surface area contributed by atoms with Gasteiger partial charge in [-0.25, -0.2) is 12.8 Å². The highest BCUT2D eigenvalue weighted by atomic mass is 35.5. The molecule has 2 heterocycles. The molecule has 5 rings (SSSR count). The van der Waals surface area contributed by atoms with E-state index in [1.807, 2.05) is 0 Å². The lowest BCUT2D eigenvalue weighted by molar-refractivity contribution is -0.138. The van der Waals surface area contributed by atoms with Crippen molar-refractivity contribution in [2.24, 2.45) is 5.41 Å². The van der Waals surface area contributed by atoms with Gasteiger partial charge in [0, 0.05) is 31.6 Å². The lowest BCUT2D eigenvalue weighted by atomic mass is 9.80. The van der Waals surface area contributed by atoms with Crippen LogP contribution < -0.4 is 9.04 Å². The Kier molecular flexibility index (Phi) is 9.67. The third-order valence-electron chi connectivity index (χ3n) is 8.33. The second kappa shape index (κ2) is 13.2. The number of halogens is 5.